The van der Waals surface area contributed by atoms with Crippen LogP contribution in [0.25, 0.3) is 0 Å². The van der Waals surface area contributed by atoms with Crippen molar-refractivity contribution in [3.05, 3.63) is 30.1 Å². The van der Waals surface area contributed by atoms with Crippen molar-refractivity contribution in [2.75, 3.05) is 0 Å². The van der Waals surface area contributed by atoms with Crippen LogP contribution in [0.3, 0.4) is 0 Å². The summed E-state index contributed by atoms with van der Waals surface area (Å²) >= 11 is 0. The van der Waals surface area contributed by atoms with Crippen LogP contribution in [0.2, 0.25) is 0 Å². The lowest BCUT2D eigenvalue weighted by Crippen LogP contribution is -2.29. The Morgan fingerprint density at radius 3 is 2.60 bits per heavy atom. The van der Waals surface area contributed by atoms with Gasteiger partial charge in [-0.1, -0.05) is 0 Å². The molecule has 1 heterocycles. The molecule has 4 heteroatoms. The van der Waals surface area contributed by atoms with Crippen LogP contribution in [0.1, 0.15) is 10.4 Å². The van der Waals surface area contributed by atoms with E-state index in [0.717, 1.165) is 0 Å². The lowest BCUT2D eigenvalue weighted by atomic mass is 10.3. The summed E-state index contributed by atoms with van der Waals surface area (Å²) in [5.74, 6) is 4.58. The summed E-state index contributed by atoms with van der Waals surface area (Å²) in [5.41, 5.74) is 2.53. The average molecular weight is 138 g/mol. The average Bonchev–Trinajstić information content (AvgIpc) is 2.05. The van der Waals surface area contributed by atoms with Crippen molar-refractivity contribution in [2.45, 2.75) is 0 Å². The van der Waals surface area contributed by atoms with E-state index < -0.39 is 0 Å². The van der Waals surface area contributed by atoms with Gasteiger partial charge in [0, 0.05) is 18.0 Å². The summed E-state index contributed by atoms with van der Waals surface area (Å²) in [7, 11) is 0. The van der Waals surface area contributed by atoms with Crippen LogP contribution < -0.4 is 11.3 Å². The van der Waals surface area contributed by atoms with Gasteiger partial charge in [0.1, 0.15) is 0 Å². The molecule has 0 bridgehead atoms. The lowest BCUT2D eigenvalue weighted by Gasteiger charge is -1.95. The minimum absolute atomic E-state index is 0.303. The molecule has 0 saturated carbocycles. The molecule has 1 amide bonds. The molecule has 1 rings (SSSR count). The number of pyridine rings is 1. The number of nitrogens with two attached hydrogens (primary N) is 1. The predicted molar refractivity (Wildman–Crippen MR) is 35.9 cm³/mol. The number of nitrogens with zero attached hydrogens (tertiary/aromatic N) is 1. The molecule has 52 valence electrons. The summed E-state index contributed by atoms with van der Waals surface area (Å²) in [5, 5.41) is 0. The third-order valence-corrected chi connectivity index (χ3v) is 1.07. The highest BCUT2D eigenvalue weighted by atomic mass is 16.2. The maximum absolute atomic E-state index is 10.7. The Labute approximate surface area is 58.0 Å². The monoisotopic (exact) mass is 138 g/mol. The first-order valence-corrected chi connectivity index (χ1v) is 2.75. The highest BCUT2D eigenvalue weighted by Crippen LogP contribution is 1.93. The van der Waals surface area contributed by atoms with Crippen LogP contribution in [0.4, 0.5) is 0 Å². The molecule has 10 heavy (non-hydrogen) atoms. The summed E-state index contributed by atoms with van der Waals surface area (Å²) in [4.78, 5) is 14.5. The Morgan fingerprint density at radius 2 is 2.10 bits per heavy atom. The smallest absolute Gasteiger partial charge is 0.265 e. The number of hydrazine groups is 1. The molecular formula is C6H7N3O. The van der Waals surface area contributed by atoms with Gasteiger partial charge in [-0.15, -0.1) is 0 Å². The Bertz CT molecular complexity index is 222. The SMILES string of the molecule is [15NH2]NC(=O)c1ccncc1. The Hall–Kier alpha value is -1.42. The number of nitrogens with one attached hydrogen (secondary N) is 1. The zero-order valence-corrected chi connectivity index (χ0v) is 5.24. The standard InChI is InChI=1S/C6H7N3O/c7-9-6(10)5-1-3-8-4-2-5/h1-4H,7H2,(H,9,10)/i7+1. The molecule has 4 nitrogen and oxygen atoms in total. The van der Waals surface area contributed by atoms with Crippen LogP contribution >= 0.6 is 0 Å². The van der Waals surface area contributed by atoms with Gasteiger partial charge in [0.2, 0.25) is 0 Å². The molecular weight excluding hydrogens is 131 g/mol. The highest BCUT2D eigenvalue weighted by Gasteiger charge is 1.98. The fourth-order valence-corrected chi connectivity index (χ4v) is 0.587. The maximum Gasteiger partial charge on any atom is 0.265 e. The number of amides is 1. The van der Waals surface area contributed by atoms with Gasteiger partial charge in [0.25, 0.3) is 5.91 Å². The summed E-state index contributed by atoms with van der Waals surface area (Å²) in [6.07, 6.45) is 3.06. The number of nitrogen functional groups attached to an aromatic ring is 1. The minimum Gasteiger partial charge on any atom is -0.290 e. The van der Waals surface area contributed by atoms with Gasteiger partial charge < -0.3 is 0 Å². The van der Waals surface area contributed by atoms with Crippen molar-refractivity contribution in [2.24, 2.45) is 5.84 Å². The highest BCUT2D eigenvalue weighted by molar-refractivity contribution is 5.93. The third kappa shape index (κ3) is 1.29. The zero-order valence-electron chi connectivity index (χ0n) is 5.24. The van der Waals surface area contributed by atoms with Gasteiger partial charge in [-0.2, -0.15) is 0 Å². The van der Waals surface area contributed by atoms with E-state index in [1.807, 2.05) is 5.43 Å². The largest absolute Gasteiger partial charge is 0.290 e. The normalized spacial score (nSPS) is 8.90. The first-order valence-electron chi connectivity index (χ1n) is 2.75. The first-order chi connectivity index (χ1) is 4.84. The van der Waals surface area contributed by atoms with Crippen LogP contribution in [0.15, 0.2) is 24.5 Å². The van der Waals surface area contributed by atoms with Crippen molar-refractivity contribution >= 4 is 5.91 Å². The van der Waals surface area contributed by atoms with Gasteiger partial charge >= 0.3 is 0 Å². The molecule has 0 spiro atoms. The number of carbonyl (C=O) groups excluding carboxylic acids is 1. The molecule has 0 aliphatic rings. The summed E-state index contributed by atoms with van der Waals surface area (Å²) in [6, 6.07) is 3.17. The second kappa shape index (κ2) is 2.93. The molecule has 0 aromatic carbocycles. The second-order valence-electron chi connectivity index (χ2n) is 1.71. The third-order valence-electron chi connectivity index (χ3n) is 1.07. The van der Waals surface area contributed by atoms with Crippen molar-refractivity contribution in [3.8, 4) is 0 Å². The van der Waals surface area contributed by atoms with Crippen molar-refractivity contribution in [3.63, 3.8) is 0 Å². The molecule has 0 saturated heterocycles. The molecule has 0 radical (unpaired) electrons. The quantitative estimate of drug-likeness (QED) is 0.242. The topological polar surface area (TPSA) is 68.0 Å². The maximum atomic E-state index is 10.7. The van der Waals surface area contributed by atoms with E-state index >= 15 is 0 Å². The number of aromatic nitrogens is 1. The van der Waals surface area contributed by atoms with E-state index in [1.165, 1.54) is 12.4 Å². The molecule has 0 fully saturated rings. The van der Waals surface area contributed by atoms with Crippen molar-refractivity contribution in [1.82, 2.24) is 10.4 Å². The molecule has 1 aromatic rings. The van der Waals surface area contributed by atoms with E-state index in [-0.39, 0.29) is 5.91 Å². The molecule has 1 aromatic heterocycles. The van der Waals surface area contributed by atoms with E-state index in [9.17, 15) is 4.79 Å². The first kappa shape index (κ1) is 6.70. The summed E-state index contributed by atoms with van der Waals surface area (Å²) < 4.78 is 0. The number of carbonyl (C=O) groups is 1. The van der Waals surface area contributed by atoms with E-state index in [2.05, 4.69) is 4.98 Å². The van der Waals surface area contributed by atoms with Crippen LogP contribution in [-0.2, 0) is 0 Å². The summed E-state index contributed by atoms with van der Waals surface area (Å²) in [6.45, 7) is 0. The van der Waals surface area contributed by atoms with E-state index in [4.69, 9.17) is 5.84 Å². The van der Waals surface area contributed by atoms with Crippen molar-refractivity contribution < 1.29 is 4.79 Å². The Morgan fingerprint density at radius 1 is 1.50 bits per heavy atom. The molecule has 3 N–H and O–H groups in total. The van der Waals surface area contributed by atoms with E-state index in [0.29, 0.717) is 5.56 Å². The molecule has 0 aliphatic heterocycles. The molecule has 0 atom stereocenters. The van der Waals surface area contributed by atoms with Gasteiger partial charge in [-0.3, -0.25) is 15.2 Å². The fraction of sp³-hybridized carbons (Fsp3) is 0. The predicted octanol–water partition coefficient (Wildman–Crippen LogP) is -0.315. The van der Waals surface area contributed by atoms with Gasteiger partial charge in [-0.05, 0) is 12.1 Å². The zero-order chi connectivity index (χ0) is 7.40. The van der Waals surface area contributed by atoms with Gasteiger partial charge in [0.15, 0.2) is 0 Å². The lowest BCUT2D eigenvalue weighted by molar-refractivity contribution is 0.0953. The number of hydrogen-bond acceptors (Lipinski definition) is 3. The Balaban J connectivity index is 2.85. The minimum atomic E-state index is -0.303. The van der Waals surface area contributed by atoms with E-state index in [1.54, 1.807) is 12.1 Å². The van der Waals surface area contributed by atoms with Gasteiger partial charge in [0.05, 0.1) is 0 Å². The Kier molecular flexibility index (Phi) is 1.96. The second-order valence-corrected chi connectivity index (χ2v) is 1.71. The molecule has 0 aliphatic carbocycles. The number of rotatable bonds is 1. The fourth-order valence-electron chi connectivity index (χ4n) is 0.587. The van der Waals surface area contributed by atoms with Crippen LogP contribution in [0.5, 0.6) is 0 Å². The number of hydrogen-bond donors (Lipinski definition) is 2. The van der Waals surface area contributed by atoms with Crippen LogP contribution in [0, 0.1) is 0 Å². The van der Waals surface area contributed by atoms with Crippen LogP contribution in [-0.4, -0.2) is 10.9 Å². The van der Waals surface area contributed by atoms with Crippen molar-refractivity contribution in [1.29, 1.82) is 0 Å². The van der Waals surface area contributed by atoms with Gasteiger partial charge in [-0.25, -0.2) is 5.84 Å². The molecule has 0 unspecified atom stereocenters.